The van der Waals surface area contributed by atoms with Crippen molar-refractivity contribution in [3.63, 3.8) is 0 Å². The van der Waals surface area contributed by atoms with Gasteiger partial charge in [0.1, 0.15) is 18.1 Å². The zero-order valence-corrected chi connectivity index (χ0v) is 26.0. The molecular weight excluding hydrogens is 574 g/mol. The molecule has 0 spiro atoms. The van der Waals surface area contributed by atoms with Crippen LogP contribution in [0.3, 0.4) is 0 Å². The molecule has 1 N–H and O–H groups in total. The van der Waals surface area contributed by atoms with Crippen molar-refractivity contribution in [3.05, 3.63) is 71.8 Å². The third-order valence-corrected chi connectivity index (χ3v) is 8.18. The molecule has 4 rings (SSSR count). The Balaban J connectivity index is 1.70. The number of methoxy groups -OCH3 is 2. The van der Waals surface area contributed by atoms with Crippen LogP contribution in [0.4, 0.5) is 5.69 Å². The molecule has 1 unspecified atom stereocenters. The van der Waals surface area contributed by atoms with Gasteiger partial charge in [-0.1, -0.05) is 39.0 Å². The Morgan fingerprint density at radius 3 is 2.37 bits per heavy atom. The largest absolute Gasteiger partial charge is 0.497 e. The first kappa shape index (κ1) is 32.1. The topological polar surface area (TPSA) is 119 Å². The number of esters is 1. The highest BCUT2D eigenvalue weighted by Gasteiger charge is 2.25. The van der Waals surface area contributed by atoms with E-state index < -0.39 is 16.0 Å². The first-order valence-electron chi connectivity index (χ1n) is 14.1. The van der Waals surface area contributed by atoms with Gasteiger partial charge in [0.25, 0.3) is 10.0 Å². The molecule has 232 valence electrons. The molecule has 1 atom stereocenters. The molecular formula is C32H39NO9S. The molecule has 1 fully saturated rings. The predicted molar refractivity (Wildman–Crippen MR) is 162 cm³/mol. The van der Waals surface area contributed by atoms with Crippen molar-refractivity contribution in [2.24, 2.45) is 0 Å². The van der Waals surface area contributed by atoms with Gasteiger partial charge in [-0.25, -0.2) is 13.2 Å². The fourth-order valence-corrected chi connectivity index (χ4v) is 5.47. The maximum absolute atomic E-state index is 13.6. The van der Waals surface area contributed by atoms with Crippen LogP contribution in [0.25, 0.3) is 0 Å². The zero-order valence-electron chi connectivity index (χ0n) is 25.2. The van der Waals surface area contributed by atoms with E-state index in [0.717, 1.165) is 24.8 Å². The number of nitrogens with one attached hydrogen (secondary N) is 1. The summed E-state index contributed by atoms with van der Waals surface area (Å²) in [6.07, 6.45) is 2.51. The van der Waals surface area contributed by atoms with Crippen LogP contribution < -0.4 is 18.9 Å². The monoisotopic (exact) mass is 613 g/mol. The second kappa shape index (κ2) is 14.1. The molecule has 1 aliphatic heterocycles. The van der Waals surface area contributed by atoms with E-state index >= 15 is 0 Å². The van der Waals surface area contributed by atoms with Gasteiger partial charge in [-0.3, -0.25) is 4.72 Å². The minimum absolute atomic E-state index is 0.0165. The number of carbonyl (C=O) groups is 1. The zero-order chi connectivity index (χ0) is 31.0. The number of anilines is 1. The number of hydrogen-bond donors (Lipinski definition) is 1. The Kier molecular flexibility index (Phi) is 10.5. The summed E-state index contributed by atoms with van der Waals surface area (Å²) in [5, 5.41) is 0. The average molecular weight is 614 g/mol. The normalized spacial score (nSPS) is 15.4. The molecule has 0 aliphatic carbocycles. The Labute approximate surface area is 253 Å². The van der Waals surface area contributed by atoms with Gasteiger partial charge in [-0.2, -0.15) is 0 Å². The van der Waals surface area contributed by atoms with E-state index in [-0.39, 0.29) is 52.6 Å². The minimum atomic E-state index is -4.11. The maximum Gasteiger partial charge on any atom is 0.338 e. The average Bonchev–Trinajstić information content (AvgIpc) is 3.00. The highest BCUT2D eigenvalue weighted by molar-refractivity contribution is 7.92. The smallest absolute Gasteiger partial charge is 0.338 e. The Bertz CT molecular complexity index is 1490. The highest BCUT2D eigenvalue weighted by atomic mass is 32.2. The highest BCUT2D eigenvalue weighted by Crippen LogP contribution is 2.42. The Hall–Kier alpha value is -3.80. The van der Waals surface area contributed by atoms with Gasteiger partial charge in [-0.05, 0) is 66.6 Å². The van der Waals surface area contributed by atoms with E-state index in [1.54, 1.807) is 36.4 Å². The fourth-order valence-electron chi connectivity index (χ4n) is 4.42. The second-order valence-electron chi connectivity index (χ2n) is 11.0. The number of carbonyl (C=O) groups excluding carboxylic acids is 1. The minimum Gasteiger partial charge on any atom is -0.497 e. The molecule has 1 heterocycles. The summed E-state index contributed by atoms with van der Waals surface area (Å²) in [4.78, 5) is 12.7. The van der Waals surface area contributed by atoms with Crippen LogP contribution in [0.1, 0.15) is 56.0 Å². The third kappa shape index (κ3) is 8.62. The van der Waals surface area contributed by atoms with Crippen molar-refractivity contribution in [3.8, 4) is 23.0 Å². The molecule has 0 amide bonds. The van der Waals surface area contributed by atoms with Gasteiger partial charge in [0, 0.05) is 12.7 Å². The molecule has 11 heteroatoms. The van der Waals surface area contributed by atoms with Gasteiger partial charge in [-0.15, -0.1) is 0 Å². The van der Waals surface area contributed by atoms with Crippen molar-refractivity contribution < 1.29 is 41.6 Å². The van der Waals surface area contributed by atoms with E-state index in [9.17, 15) is 13.2 Å². The van der Waals surface area contributed by atoms with Crippen LogP contribution in [-0.4, -0.2) is 54.7 Å². The van der Waals surface area contributed by atoms with Crippen LogP contribution in [0.15, 0.2) is 65.6 Å². The van der Waals surface area contributed by atoms with Crippen LogP contribution in [0, 0.1) is 0 Å². The quantitative estimate of drug-likeness (QED) is 0.186. The lowest BCUT2D eigenvalue weighted by Crippen LogP contribution is -2.24. The lowest BCUT2D eigenvalue weighted by atomic mass is 9.87. The van der Waals surface area contributed by atoms with E-state index in [0.29, 0.717) is 18.1 Å². The summed E-state index contributed by atoms with van der Waals surface area (Å²) in [6.45, 7) is 7.07. The predicted octanol–water partition coefficient (Wildman–Crippen LogP) is 6.29. The molecule has 0 bridgehead atoms. The molecule has 43 heavy (non-hydrogen) atoms. The van der Waals surface area contributed by atoms with Crippen molar-refractivity contribution in [2.75, 3.05) is 38.8 Å². The van der Waals surface area contributed by atoms with Gasteiger partial charge < -0.3 is 28.4 Å². The second-order valence-corrected chi connectivity index (χ2v) is 12.7. The molecule has 0 saturated carbocycles. The molecule has 3 aromatic rings. The molecule has 1 saturated heterocycles. The van der Waals surface area contributed by atoms with Crippen molar-refractivity contribution >= 4 is 21.7 Å². The third-order valence-electron chi connectivity index (χ3n) is 6.79. The molecule has 1 aliphatic rings. The SMILES string of the molecule is COC(=O)c1cc(NS(=O)(=O)c2ccc(C(C)(C)C)cc2)c(Oc2cccc(OC)c2)c(OCCOC2CCCCO2)c1. The lowest BCUT2D eigenvalue weighted by Gasteiger charge is -2.23. The summed E-state index contributed by atoms with van der Waals surface area (Å²) in [5.41, 5.74) is 0.879. The summed E-state index contributed by atoms with van der Waals surface area (Å²) < 4.78 is 63.6. The first-order valence-corrected chi connectivity index (χ1v) is 15.6. The molecule has 0 radical (unpaired) electrons. The van der Waals surface area contributed by atoms with E-state index in [2.05, 4.69) is 4.72 Å². The Morgan fingerprint density at radius 2 is 1.72 bits per heavy atom. The van der Waals surface area contributed by atoms with Gasteiger partial charge in [0.15, 0.2) is 17.8 Å². The molecule has 0 aromatic heterocycles. The number of rotatable bonds is 12. The first-order chi connectivity index (χ1) is 20.5. The number of hydrogen-bond acceptors (Lipinski definition) is 9. The van der Waals surface area contributed by atoms with E-state index in [4.69, 9.17) is 28.4 Å². The van der Waals surface area contributed by atoms with Crippen LogP contribution >= 0.6 is 0 Å². The van der Waals surface area contributed by atoms with E-state index in [1.807, 2.05) is 20.8 Å². The standard InChI is InChI=1S/C32H39NO9S/c1-32(2,3)23-12-14-26(15-13-23)43(35,36)33-27-19-22(31(34)38-5)20-28(39-17-18-41-29-11-6-7-16-40-29)30(27)42-25-10-8-9-24(21-25)37-4/h8-10,12-15,19-21,29,33H,6-7,11,16-18H2,1-5H3. The lowest BCUT2D eigenvalue weighted by molar-refractivity contribution is -0.165. The van der Waals surface area contributed by atoms with Crippen molar-refractivity contribution in [1.82, 2.24) is 0 Å². The summed E-state index contributed by atoms with van der Waals surface area (Å²) in [5.74, 6) is 0.369. The van der Waals surface area contributed by atoms with Gasteiger partial charge in [0.05, 0.1) is 37.0 Å². The van der Waals surface area contributed by atoms with Crippen molar-refractivity contribution in [2.45, 2.75) is 56.6 Å². The molecule has 3 aromatic carbocycles. The van der Waals surface area contributed by atoms with E-state index in [1.165, 1.54) is 38.5 Å². The Morgan fingerprint density at radius 1 is 0.977 bits per heavy atom. The van der Waals surface area contributed by atoms with Crippen molar-refractivity contribution in [1.29, 1.82) is 0 Å². The number of sulfonamides is 1. The summed E-state index contributed by atoms with van der Waals surface area (Å²) in [6, 6.07) is 16.2. The number of ether oxygens (including phenoxy) is 6. The van der Waals surface area contributed by atoms with Crippen LogP contribution in [0.5, 0.6) is 23.0 Å². The summed E-state index contributed by atoms with van der Waals surface area (Å²) >= 11 is 0. The van der Waals surface area contributed by atoms with Crippen LogP contribution in [0.2, 0.25) is 0 Å². The number of benzene rings is 3. The fraction of sp³-hybridized carbons (Fsp3) is 0.406. The maximum atomic E-state index is 13.6. The summed E-state index contributed by atoms with van der Waals surface area (Å²) in [7, 11) is -1.35. The molecule has 10 nitrogen and oxygen atoms in total. The van der Waals surface area contributed by atoms with Crippen LogP contribution in [-0.2, 0) is 29.6 Å². The van der Waals surface area contributed by atoms with Gasteiger partial charge in [0.2, 0.25) is 0 Å². The van der Waals surface area contributed by atoms with Gasteiger partial charge >= 0.3 is 5.97 Å².